The van der Waals surface area contributed by atoms with Crippen LogP contribution < -0.4 is 5.73 Å². The summed E-state index contributed by atoms with van der Waals surface area (Å²) in [6.07, 6.45) is -1.97. The summed E-state index contributed by atoms with van der Waals surface area (Å²) in [5.74, 6) is -1.47. The van der Waals surface area contributed by atoms with Crippen LogP contribution in [0.3, 0.4) is 0 Å². The number of alkyl halides is 1. The number of amides is 1. The molecule has 60 valence electrons. The molecule has 2 N–H and O–H groups in total. The van der Waals surface area contributed by atoms with Gasteiger partial charge in [-0.05, 0) is 0 Å². The molecule has 0 heterocycles. The van der Waals surface area contributed by atoms with Crippen molar-refractivity contribution < 1.29 is 21.8 Å². The SMILES string of the molecule is CS(=O)(=O)OC(F)C(N)=O. The molecular formula is C3H6FNO4S. The molecule has 10 heavy (non-hydrogen) atoms. The summed E-state index contributed by atoms with van der Waals surface area (Å²) in [6, 6.07) is 0. The lowest BCUT2D eigenvalue weighted by Crippen LogP contribution is -2.28. The molecule has 7 heteroatoms. The van der Waals surface area contributed by atoms with Gasteiger partial charge in [-0.2, -0.15) is 8.42 Å². The lowest BCUT2D eigenvalue weighted by atomic mass is 10.7. The highest BCUT2D eigenvalue weighted by Crippen LogP contribution is 1.97. The van der Waals surface area contributed by atoms with Crippen LogP contribution in [0.4, 0.5) is 4.39 Å². The Hall–Kier alpha value is -0.690. The maximum Gasteiger partial charge on any atom is 0.293 e. The van der Waals surface area contributed by atoms with E-state index in [0.717, 1.165) is 0 Å². The molecule has 0 aromatic rings. The zero-order valence-corrected chi connectivity index (χ0v) is 5.89. The van der Waals surface area contributed by atoms with Crippen molar-refractivity contribution in [2.45, 2.75) is 6.36 Å². The van der Waals surface area contributed by atoms with Gasteiger partial charge in [0.2, 0.25) is 0 Å². The lowest BCUT2D eigenvalue weighted by Gasteiger charge is -2.01. The molecule has 0 aliphatic carbocycles. The molecule has 1 atom stereocenters. The second-order valence-electron chi connectivity index (χ2n) is 1.52. The molecule has 0 spiro atoms. The Labute approximate surface area is 57.1 Å². The Morgan fingerprint density at radius 3 is 2.20 bits per heavy atom. The maximum atomic E-state index is 11.9. The Morgan fingerprint density at radius 2 is 2.10 bits per heavy atom. The topological polar surface area (TPSA) is 86.5 Å². The molecule has 0 bridgehead atoms. The minimum absolute atomic E-state index is 0.614. The Balaban J connectivity index is 4.06. The average molecular weight is 171 g/mol. The van der Waals surface area contributed by atoms with Crippen LogP contribution in [0.5, 0.6) is 0 Å². The number of carbonyl (C=O) groups excluding carboxylic acids is 1. The number of carbonyl (C=O) groups is 1. The van der Waals surface area contributed by atoms with Crippen LogP contribution in [0.15, 0.2) is 0 Å². The number of nitrogens with two attached hydrogens (primary N) is 1. The number of primary amides is 1. The third kappa shape index (κ3) is 4.21. The molecule has 0 aliphatic rings. The summed E-state index contributed by atoms with van der Waals surface area (Å²) in [7, 11) is -3.94. The van der Waals surface area contributed by atoms with E-state index in [1.54, 1.807) is 0 Å². The third-order valence-corrected chi connectivity index (χ3v) is 1.00. The number of rotatable bonds is 3. The fourth-order valence-electron chi connectivity index (χ4n) is 0.201. The van der Waals surface area contributed by atoms with Crippen LogP contribution >= 0.6 is 0 Å². The van der Waals surface area contributed by atoms with E-state index in [-0.39, 0.29) is 0 Å². The normalized spacial score (nSPS) is 14.6. The van der Waals surface area contributed by atoms with Gasteiger partial charge in [0.25, 0.3) is 22.4 Å². The number of hydrogen-bond acceptors (Lipinski definition) is 4. The highest BCUT2D eigenvalue weighted by Gasteiger charge is 2.19. The zero-order valence-electron chi connectivity index (χ0n) is 5.07. The minimum atomic E-state index is -3.94. The molecule has 0 saturated heterocycles. The van der Waals surface area contributed by atoms with Gasteiger partial charge in [0, 0.05) is 0 Å². The van der Waals surface area contributed by atoms with Crippen LogP contribution in [0.1, 0.15) is 0 Å². The van der Waals surface area contributed by atoms with Gasteiger partial charge in [-0.1, -0.05) is 0 Å². The van der Waals surface area contributed by atoms with E-state index in [4.69, 9.17) is 0 Å². The smallest absolute Gasteiger partial charge is 0.293 e. The van der Waals surface area contributed by atoms with Gasteiger partial charge in [-0.15, -0.1) is 0 Å². The summed E-state index contributed by atoms with van der Waals surface area (Å²) in [5.41, 5.74) is 4.34. The van der Waals surface area contributed by atoms with Crippen molar-refractivity contribution in [3.05, 3.63) is 0 Å². The molecular weight excluding hydrogens is 165 g/mol. The number of hydrogen-bond donors (Lipinski definition) is 1. The van der Waals surface area contributed by atoms with Gasteiger partial charge in [0.1, 0.15) is 0 Å². The fraction of sp³-hybridized carbons (Fsp3) is 0.667. The first-order chi connectivity index (χ1) is 4.33. The zero-order chi connectivity index (χ0) is 8.36. The van der Waals surface area contributed by atoms with Crippen LogP contribution in [0.25, 0.3) is 0 Å². The van der Waals surface area contributed by atoms with Crippen molar-refractivity contribution in [2.24, 2.45) is 5.73 Å². The molecule has 1 amide bonds. The molecule has 1 unspecified atom stereocenters. The van der Waals surface area contributed by atoms with Crippen molar-refractivity contribution in [3.63, 3.8) is 0 Å². The summed E-state index contributed by atoms with van der Waals surface area (Å²) in [6.45, 7) is 0. The molecule has 0 aliphatic heterocycles. The van der Waals surface area contributed by atoms with Gasteiger partial charge in [0.05, 0.1) is 6.26 Å². The summed E-state index contributed by atoms with van der Waals surface area (Å²) < 4.78 is 35.6. The highest BCUT2D eigenvalue weighted by molar-refractivity contribution is 7.86. The third-order valence-electron chi connectivity index (χ3n) is 0.483. The highest BCUT2D eigenvalue weighted by atomic mass is 32.2. The molecule has 0 radical (unpaired) electrons. The van der Waals surface area contributed by atoms with Gasteiger partial charge in [-0.3, -0.25) is 4.79 Å². The van der Waals surface area contributed by atoms with Crippen LogP contribution in [0.2, 0.25) is 0 Å². The van der Waals surface area contributed by atoms with E-state index in [1.165, 1.54) is 0 Å². The van der Waals surface area contributed by atoms with Crippen molar-refractivity contribution in [1.29, 1.82) is 0 Å². The van der Waals surface area contributed by atoms with Crippen molar-refractivity contribution in [2.75, 3.05) is 6.26 Å². The first kappa shape index (κ1) is 9.31. The summed E-state index contributed by atoms with van der Waals surface area (Å²) in [4.78, 5) is 9.83. The quantitative estimate of drug-likeness (QED) is 0.537. The Bertz CT molecular complexity index is 223. The van der Waals surface area contributed by atoms with E-state index in [9.17, 15) is 17.6 Å². The number of halogens is 1. The van der Waals surface area contributed by atoms with E-state index in [0.29, 0.717) is 6.26 Å². The van der Waals surface area contributed by atoms with E-state index >= 15 is 0 Å². The maximum absolute atomic E-state index is 11.9. The van der Waals surface area contributed by atoms with Gasteiger partial charge in [-0.25, -0.2) is 8.57 Å². The molecule has 0 saturated carbocycles. The van der Waals surface area contributed by atoms with Gasteiger partial charge < -0.3 is 5.73 Å². The van der Waals surface area contributed by atoms with E-state index in [2.05, 4.69) is 9.92 Å². The molecule has 0 aromatic heterocycles. The standard InChI is InChI=1S/C3H6FNO4S/c1-10(7,8)9-2(4)3(5)6/h2H,1H3,(H2,5,6). The predicted molar refractivity (Wildman–Crippen MR) is 30.0 cm³/mol. The largest absolute Gasteiger partial charge is 0.365 e. The van der Waals surface area contributed by atoms with Gasteiger partial charge in [0.15, 0.2) is 0 Å². The average Bonchev–Trinajstić information content (AvgIpc) is 1.60. The van der Waals surface area contributed by atoms with Gasteiger partial charge >= 0.3 is 0 Å². The molecule has 0 aromatic carbocycles. The van der Waals surface area contributed by atoms with Crippen molar-refractivity contribution in [3.8, 4) is 0 Å². The predicted octanol–water partition coefficient (Wildman–Crippen LogP) is -1.26. The summed E-state index contributed by atoms with van der Waals surface area (Å²) in [5, 5.41) is 0. The van der Waals surface area contributed by atoms with E-state index in [1.807, 2.05) is 0 Å². The molecule has 5 nitrogen and oxygen atoms in total. The molecule has 0 rings (SSSR count). The van der Waals surface area contributed by atoms with Crippen molar-refractivity contribution in [1.82, 2.24) is 0 Å². The fourth-order valence-corrected chi connectivity index (χ4v) is 0.603. The summed E-state index contributed by atoms with van der Waals surface area (Å²) >= 11 is 0. The monoisotopic (exact) mass is 171 g/mol. The lowest BCUT2D eigenvalue weighted by molar-refractivity contribution is -0.131. The minimum Gasteiger partial charge on any atom is -0.365 e. The van der Waals surface area contributed by atoms with Crippen LogP contribution in [0, 0.1) is 0 Å². The Kier molecular flexibility index (Phi) is 2.73. The van der Waals surface area contributed by atoms with E-state index < -0.39 is 22.4 Å². The van der Waals surface area contributed by atoms with Crippen LogP contribution in [-0.2, 0) is 19.1 Å². The second kappa shape index (κ2) is 2.93. The first-order valence-corrected chi connectivity index (χ1v) is 3.96. The van der Waals surface area contributed by atoms with Crippen molar-refractivity contribution >= 4 is 16.0 Å². The first-order valence-electron chi connectivity index (χ1n) is 2.14. The van der Waals surface area contributed by atoms with Crippen LogP contribution in [-0.4, -0.2) is 26.9 Å². The molecule has 0 fully saturated rings. The second-order valence-corrected chi connectivity index (χ2v) is 3.12. The Morgan fingerprint density at radius 1 is 1.70 bits per heavy atom.